The molecule has 3 rings (SSSR count). The molecule has 5 nitrogen and oxygen atoms in total. The number of benzene rings is 2. The Morgan fingerprint density at radius 1 is 1.00 bits per heavy atom. The van der Waals surface area contributed by atoms with Crippen LogP contribution in [0.15, 0.2) is 59.5 Å². The smallest absolute Gasteiger partial charge is 0.311 e. The van der Waals surface area contributed by atoms with Crippen molar-refractivity contribution in [1.82, 2.24) is 9.78 Å². The molecule has 1 aromatic heterocycles. The summed E-state index contributed by atoms with van der Waals surface area (Å²) in [4.78, 5) is 12.6. The Morgan fingerprint density at radius 3 is 2.28 bits per heavy atom. The van der Waals surface area contributed by atoms with Gasteiger partial charge in [-0.05, 0) is 42.0 Å². The lowest BCUT2D eigenvalue weighted by Gasteiger charge is -2.10. The Hall–Kier alpha value is -2.50. The number of methoxy groups -OCH3 is 1. The molecule has 7 heteroatoms. The first kappa shape index (κ1) is 17.3. The molecule has 0 fully saturated rings. The summed E-state index contributed by atoms with van der Waals surface area (Å²) in [6, 6.07) is 14.0. The molecule has 0 spiro atoms. The van der Waals surface area contributed by atoms with E-state index in [1.807, 2.05) is 12.1 Å². The maximum Gasteiger partial charge on any atom is 0.311 e. The summed E-state index contributed by atoms with van der Waals surface area (Å²) in [5, 5.41) is 4.84. The molecule has 0 saturated heterocycles. The van der Waals surface area contributed by atoms with Crippen LogP contribution in [-0.2, 0) is 6.54 Å². The van der Waals surface area contributed by atoms with E-state index in [9.17, 15) is 4.79 Å². The molecule has 0 radical (unpaired) electrons. The van der Waals surface area contributed by atoms with Crippen molar-refractivity contribution < 1.29 is 9.47 Å². The van der Waals surface area contributed by atoms with E-state index in [4.69, 9.17) is 32.7 Å². The molecule has 25 heavy (non-hydrogen) atoms. The van der Waals surface area contributed by atoms with Gasteiger partial charge in [-0.25, -0.2) is 4.68 Å². The number of rotatable bonds is 5. The minimum atomic E-state index is -0.418. The quantitative estimate of drug-likeness (QED) is 0.662. The number of nitrogens with zero attached hydrogens (tertiary/aromatic N) is 2. The van der Waals surface area contributed by atoms with E-state index in [0.29, 0.717) is 16.5 Å². The third kappa shape index (κ3) is 4.13. The summed E-state index contributed by atoms with van der Waals surface area (Å²) in [7, 11) is 1.57. The van der Waals surface area contributed by atoms with Crippen molar-refractivity contribution >= 4 is 23.2 Å². The third-order valence-electron chi connectivity index (χ3n) is 3.48. The lowest BCUT2D eigenvalue weighted by molar-refractivity contribution is 0.412. The average molecular weight is 377 g/mol. The summed E-state index contributed by atoms with van der Waals surface area (Å²) >= 11 is 12.0. The molecular weight excluding hydrogens is 363 g/mol. The monoisotopic (exact) mass is 376 g/mol. The van der Waals surface area contributed by atoms with Crippen LogP contribution < -0.4 is 15.0 Å². The maximum atomic E-state index is 12.6. The summed E-state index contributed by atoms with van der Waals surface area (Å²) in [5.41, 5.74) is 0.468. The standard InChI is InChI=1S/C18H14Cl2N2O3/c1-24-14-6-8-15(9-7-14)25-17-16(20)10-21-22(18(17)23)11-12-2-4-13(19)5-3-12/h2-10H,11H2,1H3. The summed E-state index contributed by atoms with van der Waals surface area (Å²) in [6.07, 6.45) is 1.39. The van der Waals surface area contributed by atoms with Gasteiger partial charge in [0.2, 0.25) is 5.75 Å². The van der Waals surface area contributed by atoms with Crippen LogP contribution in [0.25, 0.3) is 0 Å². The largest absolute Gasteiger partial charge is 0.497 e. The van der Waals surface area contributed by atoms with E-state index in [2.05, 4.69) is 5.10 Å². The zero-order valence-corrected chi connectivity index (χ0v) is 14.8. The van der Waals surface area contributed by atoms with Gasteiger partial charge in [-0.3, -0.25) is 4.79 Å². The highest BCUT2D eigenvalue weighted by molar-refractivity contribution is 6.31. The first-order valence-corrected chi connectivity index (χ1v) is 8.14. The molecule has 3 aromatic rings. The fourth-order valence-electron chi connectivity index (χ4n) is 2.18. The molecular formula is C18H14Cl2N2O3. The van der Waals surface area contributed by atoms with Gasteiger partial charge in [0, 0.05) is 5.02 Å². The molecule has 0 amide bonds. The van der Waals surface area contributed by atoms with E-state index in [-0.39, 0.29) is 17.3 Å². The molecule has 2 aromatic carbocycles. The van der Waals surface area contributed by atoms with E-state index in [1.165, 1.54) is 10.9 Å². The normalized spacial score (nSPS) is 10.5. The lowest BCUT2D eigenvalue weighted by atomic mass is 10.2. The molecule has 0 bridgehead atoms. The molecule has 0 saturated carbocycles. The lowest BCUT2D eigenvalue weighted by Crippen LogP contribution is -2.24. The minimum absolute atomic E-state index is 0.0239. The highest BCUT2D eigenvalue weighted by Gasteiger charge is 2.13. The van der Waals surface area contributed by atoms with Gasteiger partial charge in [0.05, 0.1) is 19.9 Å². The van der Waals surface area contributed by atoms with Crippen LogP contribution in [0.2, 0.25) is 10.0 Å². The van der Waals surface area contributed by atoms with Gasteiger partial charge in [-0.15, -0.1) is 0 Å². The molecule has 1 heterocycles. The van der Waals surface area contributed by atoms with Crippen LogP contribution in [0.4, 0.5) is 0 Å². The molecule has 128 valence electrons. The Balaban J connectivity index is 1.88. The summed E-state index contributed by atoms with van der Waals surface area (Å²) < 4.78 is 12.0. The zero-order chi connectivity index (χ0) is 17.8. The van der Waals surface area contributed by atoms with Crippen LogP contribution in [0, 0.1) is 0 Å². The van der Waals surface area contributed by atoms with Crippen molar-refractivity contribution in [2.45, 2.75) is 6.54 Å². The zero-order valence-electron chi connectivity index (χ0n) is 13.3. The van der Waals surface area contributed by atoms with Gasteiger partial charge < -0.3 is 9.47 Å². The average Bonchev–Trinajstić information content (AvgIpc) is 2.63. The predicted molar refractivity (Wildman–Crippen MR) is 97.1 cm³/mol. The van der Waals surface area contributed by atoms with E-state index < -0.39 is 5.56 Å². The second-order valence-electron chi connectivity index (χ2n) is 5.19. The SMILES string of the molecule is COc1ccc(Oc2c(Cl)cnn(Cc3ccc(Cl)cc3)c2=O)cc1. The topological polar surface area (TPSA) is 53.4 Å². The first-order valence-electron chi connectivity index (χ1n) is 7.39. The molecule has 0 N–H and O–H groups in total. The number of ether oxygens (including phenoxy) is 2. The first-order chi connectivity index (χ1) is 12.1. The summed E-state index contributed by atoms with van der Waals surface area (Å²) in [5.74, 6) is 1.19. The van der Waals surface area contributed by atoms with E-state index in [1.54, 1.807) is 43.5 Å². The van der Waals surface area contributed by atoms with Crippen LogP contribution in [0.1, 0.15) is 5.56 Å². The molecule has 0 unspecified atom stereocenters. The van der Waals surface area contributed by atoms with Gasteiger partial charge in [-0.2, -0.15) is 5.10 Å². The van der Waals surface area contributed by atoms with Crippen LogP contribution in [0.5, 0.6) is 17.2 Å². The number of aromatic nitrogens is 2. The second kappa shape index (κ2) is 7.59. The maximum absolute atomic E-state index is 12.6. The van der Waals surface area contributed by atoms with Gasteiger partial charge in [0.15, 0.2) is 0 Å². The molecule has 0 aliphatic rings. The predicted octanol–water partition coefficient (Wildman–Crippen LogP) is 4.40. The Bertz CT molecular complexity index is 923. The summed E-state index contributed by atoms with van der Waals surface area (Å²) in [6.45, 7) is 0.284. The molecule has 0 atom stereocenters. The fraction of sp³-hybridized carbons (Fsp3) is 0.111. The molecule has 0 aliphatic heterocycles. The second-order valence-corrected chi connectivity index (χ2v) is 6.03. The van der Waals surface area contributed by atoms with Crippen molar-refractivity contribution in [2.24, 2.45) is 0 Å². The van der Waals surface area contributed by atoms with Crippen molar-refractivity contribution in [3.63, 3.8) is 0 Å². The highest BCUT2D eigenvalue weighted by atomic mass is 35.5. The van der Waals surface area contributed by atoms with E-state index in [0.717, 1.165) is 5.56 Å². The Kier molecular flexibility index (Phi) is 5.26. The number of halogens is 2. The number of hydrogen-bond acceptors (Lipinski definition) is 4. The van der Waals surface area contributed by atoms with Crippen LogP contribution >= 0.6 is 23.2 Å². The van der Waals surface area contributed by atoms with Gasteiger partial charge in [0.25, 0.3) is 0 Å². The van der Waals surface area contributed by atoms with Crippen LogP contribution in [0.3, 0.4) is 0 Å². The Morgan fingerprint density at radius 2 is 1.64 bits per heavy atom. The fourth-order valence-corrected chi connectivity index (χ4v) is 2.47. The Labute approximate surface area is 154 Å². The van der Waals surface area contributed by atoms with Gasteiger partial charge in [0.1, 0.15) is 16.5 Å². The highest BCUT2D eigenvalue weighted by Crippen LogP contribution is 2.26. The van der Waals surface area contributed by atoms with Crippen molar-refractivity contribution in [1.29, 1.82) is 0 Å². The minimum Gasteiger partial charge on any atom is -0.497 e. The molecule has 0 aliphatic carbocycles. The van der Waals surface area contributed by atoms with Crippen molar-refractivity contribution in [3.05, 3.63) is 80.7 Å². The van der Waals surface area contributed by atoms with Crippen molar-refractivity contribution in [3.8, 4) is 17.2 Å². The number of hydrogen-bond donors (Lipinski definition) is 0. The third-order valence-corrected chi connectivity index (χ3v) is 4.00. The van der Waals surface area contributed by atoms with Crippen LogP contribution in [-0.4, -0.2) is 16.9 Å². The van der Waals surface area contributed by atoms with E-state index >= 15 is 0 Å². The van der Waals surface area contributed by atoms with Gasteiger partial charge >= 0.3 is 5.56 Å². The van der Waals surface area contributed by atoms with Crippen molar-refractivity contribution in [2.75, 3.05) is 7.11 Å². The van der Waals surface area contributed by atoms with Gasteiger partial charge in [-0.1, -0.05) is 35.3 Å².